The predicted molar refractivity (Wildman–Crippen MR) is 80.4 cm³/mol. The number of aromatic nitrogens is 2. The van der Waals surface area contributed by atoms with Crippen LogP contribution in [0.15, 0.2) is 4.90 Å². The van der Waals surface area contributed by atoms with Crippen LogP contribution in [0.1, 0.15) is 37.1 Å². The molecule has 1 atom stereocenters. The highest BCUT2D eigenvalue weighted by Crippen LogP contribution is 2.28. The molecule has 4 N–H and O–H groups in total. The molecule has 2 rings (SSSR count). The molecule has 1 aliphatic rings. The van der Waals surface area contributed by atoms with Crippen LogP contribution in [-0.2, 0) is 10.0 Å². The van der Waals surface area contributed by atoms with Crippen molar-refractivity contribution in [3.05, 3.63) is 11.4 Å². The molecule has 1 heterocycles. The van der Waals surface area contributed by atoms with Gasteiger partial charge in [-0.05, 0) is 32.6 Å². The monoisotopic (exact) mass is 322 g/mol. The number of nitrogens with zero attached hydrogens (tertiary/aromatic N) is 1. The molecule has 0 aliphatic heterocycles. The van der Waals surface area contributed by atoms with Gasteiger partial charge in [0.25, 0.3) is 0 Å². The van der Waals surface area contributed by atoms with E-state index in [9.17, 15) is 8.42 Å². The Bertz CT molecular complexity index is 518. The van der Waals surface area contributed by atoms with Gasteiger partial charge in [0, 0.05) is 12.6 Å². The lowest BCUT2D eigenvalue weighted by atomic mass is 9.99. The van der Waals surface area contributed by atoms with Crippen LogP contribution < -0.4 is 10.5 Å². The number of rotatable bonds is 5. The first-order valence-electron chi connectivity index (χ1n) is 6.69. The number of halogens is 1. The minimum absolute atomic E-state index is 0. The molecule has 1 aliphatic carbocycles. The van der Waals surface area contributed by atoms with Gasteiger partial charge in [0.1, 0.15) is 4.90 Å². The van der Waals surface area contributed by atoms with E-state index in [0.29, 0.717) is 23.9 Å². The van der Waals surface area contributed by atoms with Gasteiger partial charge in [-0.2, -0.15) is 5.10 Å². The standard InChI is InChI=1S/C12H22N4O2S.ClH/c1-8-12(9(2)15-14-8)19(17,18)16-11(7-13)10-5-3-4-6-10;/h10-11,16H,3-7,13H2,1-2H3,(H,14,15);1H. The third-order valence-electron chi connectivity index (χ3n) is 3.86. The van der Waals surface area contributed by atoms with Crippen LogP contribution >= 0.6 is 12.4 Å². The van der Waals surface area contributed by atoms with E-state index in [4.69, 9.17) is 5.73 Å². The Kier molecular flexibility index (Phi) is 6.00. The van der Waals surface area contributed by atoms with Crippen molar-refractivity contribution in [2.45, 2.75) is 50.5 Å². The van der Waals surface area contributed by atoms with Gasteiger partial charge in [-0.1, -0.05) is 12.8 Å². The molecule has 1 aromatic rings. The van der Waals surface area contributed by atoms with E-state index < -0.39 is 10.0 Å². The van der Waals surface area contributed by atoms with Crippen molar-refractivity contribution >= 4 is 22.4 Å². The molecule has 1 saturated carbocycles. The second-order valence-electron chi connectivity index (χ2n) is 5.27. The molecule has 1 unspecified atom stereocenters. The lowest BCUT2D eigenvalue weighted by Gasteiger charge is -2.23. The summed E-state index contributed by atoms with van der Waals surface area (Å²) in [5, 5.41) is 6.64. The molecule has 116 valence electrons. The van der Waals surface area contributed by atoms with Crippen LogP contribution in [0, 0.1) is 19.8 Å². The number of aromatic amines is 1. The number of nitrogens with one attached hydrogen (secondary N) is 2. The van der Waals surface area contributed by atoms with Gasteiger partial charge < -0.3 is 5.73 Å². The SMILES string of the molecule is Cc1n[nH]c(C)c1S(=O)(=O)NC(CN)C1CCCC1.Cl. The Hall–Kier alpha value is -0.630. The minimum atomic E-state index is -3.55. The fourth-order valence-electron chi connectivity index (χ4n) is 2.89. The summed E-state index contributed by atoms with van der Waals surface area (Å²) in [6.45, 7) is 3.73. The molecule has 0 bridgehead atoms. The Morgan fingerprint density at radius 3 is 2.45 bits per heavy atom. The molecular weight excluding hydrogens is 300 g/mol. The van der Waals surface area contributed by atoms with E-state index in [1.54, 1.807) is 13.8 Å². The Morgan fingerprint density at radius 2 is 2.00 bits per heavy atom. The van der Waals surface area contributed by atoms with Gasteiger partial charge in [0.05, 0.1) is 11.4 Å². The van der Waals surface area contributed by atoms with Crippen molar-refractivity contribution < 1.29 is 8.42 Å². The number of H-pyrrole nitrogens is 1. The molecule has 6 nitrogen and oxygen atoms in total. The maximum absolute atomic E-state index is 12.4. The van der Waals surface area contributed by atoms with E-state index >= 15 is 0 Å². The van der Waals surface area contributed by atoms with E-state index in [0.717, 1.165) is 25.7 Å². The molecule has 0 saturated heterocycles. The lowest BCUT2D eigenvalue weighted by Crippen LogP contribution is -2.44. The first-order chi connectivity index (χ1) is 8.95. The average Bonchev–Trinajstić information content (AvgIpc) is 2.96. The number of nitrogens with two attached hydrogens (primary N) is 1. The number of aryl methyl sites for hydroxylation is 2. The van der Waals surface area contributed by atoms with Crippen LogP contribution in [-0.4, -0.2) is 31.2 Å². The van der Waals surface area contributed by atoms with Crippen LogP contribution in [0.5, 0.6) is 0 Å². The normalized spacial score (nSPS) is 17.9. The maximum Gasteiger partial charge on any atom is 0.244 e. The molecule has 1 aromatic heterocycles. The molecule has 0 amide bonds. The summed E-state index contributed by atoms with van der Waals surface area (Å²) in [4.78, 5) is 0.254. The van der Waals surface area contributed by atoms with Crippen LogP contribution in [0.4, 0.5) is 0 Å². The van der Waals surface area contributed by atoms with Gasteiger partial charge in [-0.15, -0.1) is 12.4 Å². The zero-order valence-corrected chi connectivity index (χ0v) is 13.5. The molecule has 8 heteroatoms. The average molecular weight is 323 g/mol. The highest BCUT2D eigenvalue weighted by molar-refractivity contribution is 7.89. The van der Waals surface area contributed by atoms with Crippen molar-refractivity contribution in [3.8, 4) is 0 Å². The van der Waals surface area contributed by atoms with Crippen molar-refractivity contribution in [1.82, 2.24) is 14.9 Å². The van der Waals surface area contributed by atoms with Crippen molar-refractivity contribution in [1.29, 1.82) is 0 Å². The number of hydrogen-bond donors (Lipinski definition) is 3. The molecule has 0 spiro atoms. The Morgan fingerprint density at radius 1 is 1.40 bits per heavy atom. The quantitative estimate of drug-likeness (QED) is 0.759. The van der Waals surface area contributed by atoms with Gasteiger partial charge in [0.15, 0.2) is 0 Å². The molecular formula is C12H23ClN4O2S. The van der Waals surface area contributed by atoms with Gasteiger partial charge in [-0.3, -0.25) is 5.10 Å². The molecule has 0 radical (unpaired) electrons. The zero-order valence-electron chi connectivity index (χ0n) is 11.8. The summed E-state index contributed by atoms with van der Waals surface area (Å²) in [6.07, 6.45) is 4.42. The lowest BCUT2D eigenvalue weighted by molar-refractivity contribution is 0.405. The first kappa shape index (κ1) is 17.4. The highest BCUT2D eigenvalue weighted by Gasteiger charge is 2.30. The summed E-state index contributed by atoms with van der Waals surface area (Å²) in [5.41, 5.74) is 6.79. The number of sulfonamides is 1. The van der Waals surface area contributed by atoms with Gasteiger partial charge >= 0.3 is 0 Å². The summed E-state index contributed by atoms with van der Waals surface area (Å²) in [6, 6.07) is -0.179. The van der Waals surface area contributed by atoms with Crippen LogP contribution in [0.2, 0.25) is 0 Å². The Balaban J connectivity index is 0.00000200. The second-order valence-corrected chi connectivity index (χ2v) is 6.92. The topological polar surface area (TPSA) is 101 Å². The van der Waals surface area contributed by atoms with E-state index in [1.165, 1.54) is 0 Å². The van der Waals surface area contributed by atoms with Crippen molar-refractivity contribution in [2.24, 2.45) is 11.7 Å². The van der Waals surface area contributed by atoms with Gasteiger partial charge in [0.2, 0.25) is 10.0 Å². The zero-order chi connectivity index (χ0) is 14.0. The molecule has 20 heavy (non-hydrogen) atoms. The smallest absolute Gasteiger partial charge is 0.244 e. The fourth-order valence-corrected chi connectivity index (χ4v) is 4.58. The van der Waals surface area contributed by atoms with Crippen molar-refractivity contribution in [3.63, 3.8) is 0 Å². The summed E-state index contributed by atoms with van der Waals surface area (Å²) >= 11 is 0. The highest BCUT2D eigenvalue weighted by atomic mass is 35.5. The fraction of sp³-hybridized carbons (Fsp3) is 0.750. The number of hydrogen-bond acceptors (Lipinski definition) is 4. The van der Waals surface area contributed by atoms with E-state index in [-0.39, 0.29) is 23.3 Å². The summed E-state index contributed by atoms with van der Waals surface area (Å²) in [7, 11) is -3.55. The van der Waals surface area contributed by atoms with E-state index in [2.05, 4.69) is 14.9 Å². The third-order valence-corrected chi connectivity index (χ3v) is 5.61. The minimum Gasteiger partial charge on any atom is -0.329 e. The van der Waals surface area contributed by atoms with Crippen LogP contribution in [0.3, 0.4) is 0 Å². The van der Waals surface area contributed by atoms with E-state index in [1.807, 2.05) is 0 Å². The maximum atomic E-state index is 12.4. The molecule has 1 fully saturated rings. The summed E-state index contributed by atoms with van der Waals surface area (Å²) in [5.74, 6) is 0.354. The second kappa shape index (κ2) is 6.89. The Labute approximate surface area is 126 Å². The third kappa shape index (κ3) is 3.52. The van der Waals surface area contributed by atoms with Gasteiger partial charge in [-0.25, -0.2) is 13.1 Å². The van der Waals surface area contributed by atoms with Crippen LogP contribution in [0.25, 0.3) is 0 Å². The summed E-state index contributed by atoms with van der Waals surface area (Å²) < 4.78 is 27.6. The molecule has 0 aromatic carbocycles. The van der Waals surface area contributed by atoms with Crippen molar-refractivity contribution in [2.75, 3.05) is 6.54 Å². The predicted octanol–water partition coefficient (Wildman–Crippen LogP) is 1.24. The largest absolute Gasteiger partial charge is 0.329 e. The first-order valence-corrected chi connectivity index (χ1v) is 8.18.